The summed E-state index contributed by atoms with van der Waals surface area (Å²) in [7, 11) is 0. The highest BCUT2D eigenvalue weighted by molar-refractivity contribution is 6.01. The predicted octanol–water partition coefficient (Wildman–Crippen LogP) is 4.93. The molecule has 0 bridgehead atoms. The summed E-state index contributed by atoms with van der Waals surface area (Å²) >= 11 is 0. The Morgan fingerprint density at radius 2 is 1.88 bits per heavy atom. The topological polar surface area (TPSA) is 114 Å². The van der Waals surface area contributed by atoms with E-state index in [4.69, 9.17) is 9.47 Å². The number of amides is 1. The van der Waals surface area contributed by atoms with Crippen LogP contribution in [0.3, 0.4) is 0 Å². The minimum atomic E-state index is -0.449. The zero-order valence-electron chi connectivity index (χ0n) is 18.6. The number of non-ortho nitro benzene ring substituents is 1. The highest BCUT2D eigenvalue weighted by atomic mass is 16.6. The second kappa shape index (κ2) is 11.7. The van der Waals surface area contributed by atoms with Crippen molar-refractivity contribution in [2.45, 2.75) is 51.7 Å². The van der Waals surface area contributed by atoms with Gasteiger partial charge in [0, 0.05) is 18.2 Å². The monoisotopic (exact) mass is 449 g/mol. The van der Waals surface area contributed by atoms with Crippen LogP contribution in [0.5, 0.6) is 11.5 Å². The van der Waals surface area contributed by atoms with E-state index in [9.17, 15) is 20.2 Å². The highest BCUT2D eigenvalue weighted by Gasteiger charge is 2.18. The summed E-state index contributed by atoms with van der Waals surface area (Å²) in [4.78, 5) is 22.9. The first kappa shape index (κ1) is 23.8. The van der Waals surface area contributed by atoms with E-state index in [2.05, 4.69) is 5.32 Å². The molecule has 1 N–H and O–H groups in total. The molecular formula is C25H27N3O5. The molecule has 2 aromatic rings. The zero-order valence-corrected chi connectivity index (χ0v) is 18.6. The first-order valence-electron chi connectivity index (χ1n) is 11.1. The molecule has 3 rings (SSSR count). The summed E-state index contributed by atoms with van der Waals surface area (Å²) < 4.78 is 11.5. The van der Waals surface area contributed by atoms with Gasteiger partial charge in [-0.25, -0.2) is 0 Å². The third-order valence-corrected chi connectivity index (χ3v) is 5.43. The molecule has 1 aliphatic carbocycles. The molecule has 0 aliphatic heterocycles. The fourth-order valence-corrected chi connectivity index (χ4v) is 3.70. The van der Waals surface area contributed by atoms with Crippen LogP contribution >= 0.6 is 0 Å². The van der Waals surface area contributed by atoms with Crippen LogP contribution in [0.15, 0.2) is 48.0 Å². The van der Waals surface area contributed by atoms with Crippen molar-refractivity contribution in [3.8, 4) is 17.6 Å². The first-order chi connectivity index (χ1) is 16.0. The third-order valence-electron chi connectivity index (χ3n) is 5.43. The SMILES string of the molecule is CCOc1cc(C=C(C#N)C(=O)NC2CCCCC2)ccc1OCc1ccc([N+](=O)[O-])cc1. The molecule has 0 heterocycles. The number of nitrogens with one attached hydrogen (secondary N) is 1. The standard InChI is InChI=1S/C25H27N3O5/c1-2-32-24-15-19(14-20(16-26)25(29)27-21-6-4-3-5-7-21)10-13-23(24)33-17-18-8-11-22(12-9-18)28(30)31/h8-15,21H,2-7,17H2,1H3,(H,27,29). The summed E-state index contributed by atoms with van der Waals surface area (Å²) in [6, 6.07) is 13.4. The van der Waals surface area contributed by atoms with E-state index < -0.39 is 4.92 Å². The van der Waals surface area contributed by atoms with E-state index in [1.165, 1.54) is 18.6 Å². The maximum Gasteiger partial charge on any atom is 0.269 e. The number of hydrogen-bond acceptors (Lipinski definition) is 6. The molecule has 0 atom stereocenters. The lowest BCUT2D eigenvalue weighted by atomic mass is 9.95. The Morgan fingerprint density at radius 3 is 2.52 bits per heavy atom. The largest absolute Gasteiger partial charge is 0.490 e. The second-order valence-electron chi connectivity index (χ2n) is 7.83. The Labute approximate surface area is 193 Å². The summed E-state index contributed by atoms with van der Waals surface area (Å²) in [5, 5.41) is 23.3. The van der Waals surface area contributed by atoms with Crippen molar-refractivity contribution >= 4 is 17.7 Å². The van der Waals surface area contributed by atoms with Crippen LogP contribution in [-0.4, -0.2) is 23.5 Å². The van der Waals surface area contributed by atoms with Gasteiger partial charge < -0.3 is 14.8 Å². The summed E-state index contributed by atoms with van der Waals surface area (Å²) in [6.07, 6.45) is 6.80. The van der Waals surface area contributed by atoms with E-state index in [-0.39, 0.29) is 29.8 Å². The third kappa shape index (κ3) is 6.81. The maximum absolute atomic E-state index is 12.5. The molecule has 0 aromatic heterocycles. The number of ether oxygens (including phenoxy) is 2. The van der Waals surface area contributed by atoms with Crippen molar-refractivity contribution in [2.24, 2.45) is 0 Å². The Hall–Kier alpha value is -3.86. The van der Waals surface area contributed by atoms with E-state index >= 15 is 0 Å². The Balaban J connectivity index is 1.71. The molecule has 1 amide bonds. The van der Waals surface area contributed by atoms with E-state index in [1.54, 1.807) is 36.4 Å². The average molecular weight is 450 g/mol. The lowest BCUT2D eigenvalue weighted by Crippen LogP contribution is -2.36. The number of hydrogen-bond donors (Lipinski definition) is 1. The molecule has 1 fully saturated rings. The molecule has 2 aromatic carbocycles. The summed E-state index contributed by atoms with van der Waals surface area (Å²) in [5.74, 6) is 0.622. The minimum absolute atomic E-state index is 0.0192. The molecule has 1 saturated carbocycles. The van der Waals surface area contributed by atoms with Crippen LogP contribution in [0.2, 0.25) is 0 Å². The minimum Gasteiger partial charge on any atom is -0.490 e. The number of nitriles is 1. The highest BCUT2D eigenvalue weighted by Crippen LogP contribution is 2.30. The van der Waals surface area contributed by atoms with Gasteiger partial charge in [0.1, 0.15) is 18.2 Å². The Morgan fingerprint density at radius 1 is 1.15 bits per heavy atom. The maximum atomic E-state index is 12.5. The van der Waals surface area contributed by atoms with Crippen molar-refractivity contribution in [2.75, 3.05) is 6.61 Å². The molecule has 1 aliphatic rings. The molecule has 33 heavy (non-hydrogen) atoms. The van der Waals surface area contributed by atoms with Crippen LogP contribution < -0.4 is 14.8 Å². The van der Waals surface area contributed by atoms with Crippen LogP contribution in [0.4, 0.5) is 5.69 Å². The second-order valence-corrected chi connectivity index (χ2v) is 7.83. The zero-order chi connectivity index (χ0) is 23.6. The number of carbonyl (C=O) groups is 1. The van der Waals surface area contributed by atoms with E-state index in [0.29, 0.717) is 23.7 Å². The Bertz CT molecular complexity index is 1050. The number of nitro groups is 1. The van der Waals surface area contributed by atoms with Gasteiger partial charge in [0.15, 0.2) is 11.5 Å². The molecule has 0 unspecified atom stereocenters. The lowest BCUT2D eigenvalue weighted by molar-refractivity contribution is -0.384. The van der Waals surface area contributed by atoms with Crippen LogP contribution in [0.25, 0.3) is 6.08 Å². The number of carbonyl (C=O) groups excluding carboxylic acids is 1. The summed E-state index contributed by atoms with van der Waals surface area (Å²) in [6.45, 7) is 2.47. The van der Waals surface area contributed by atoms with Crippen LogP contribution in [0.1, 0.15) is 50.2 Å². The van der Waals surface area contributed by atoms with Crippen molar-refractivity contribution in [1.82, 2.24) is 5.32 Å². The van der Waals surface area contributed by atoms with Gasteiger partial charge in [0.25, 0.3) is 11.6 Å². The molecular weight excluding hydrogens is 422 g/mol. The van der Waals surface area contributed by atoms with Gasteiger partial charge in [-0.15, -0.1) is 0 Å². The van der Waals surface area contributed by atoms with Gasteiger partial charge in [-0.2, -0.15) is 5.26 Å². The quantitative estimate of drug-likeness (QED) is 0.251. The smallest absolute Gasteiger partial charge is 0.269 e. The first-order valence-corrected chi connectivity index (χ1v) is 11.1. The van der Waals surface area contributed by atoms with Gasteiger partial charge in [-0.1, -0.05) is 25.3 Å². The van der Waals surface area contributed by atoms with E-state index in [1.807, 2.05) is 13.0 Å². The number of nitro benzene ring substituents is 1. The fraction of sp³-hybridized carbons (Fsp3) is 0.360. The van der Waals surface area contributed by atoms with Crippen LogP contribution in [0, 0.1) is 21.4 Å². The van der Waals surface area contributed by atoms with Gasteiger partial charge in [0.05, 0.1) is 11.5 Å². The van der Waals surface area contributed by atoms with Crippen molar-refractivity contribution in [3.05, 3.63) is 69.3 Å². The van der Waals surface area contributed by atoms with Crippen molar-refractivity contribution in [3.63, 3.8) is 0 Å². The molecule has 0 radical (unpaired) electrons. The number of rotatable bonds is 9. The average Bonchev–Trinajstić information content (AvgIpc) is 2.83. The van der Waals surface area contributed by atoms with Crippen LogP contribution in [-0.2, 0) is 11.4 Å². The fourth-order valence-electron chi connectivity index (χ4n) is 3.70. The van der Waals surface area contributed by atoms with E-state index in [0.717, 1.165) is 31.2 Å². The molecule has 0 saturated heterocycles. The van der Waals surface area contributed by atoms with Gasteiger partial charge in [0.2, 0.25) is 0 Å². The molecule has 0 spiro atoms. The molecule has 172 valence electrons. The van der Waals surface area contributed by atoms with Gasteiger partial charge in [-0.3, -0.25) is 14.9 Å². The number of nitrogens with zero attached hydrogens (tertiary/aromatic N) is 2. The summed E-state index contributed by atoms with van der Waals surface area (Å²) in [5.41, 5.74) is 1.49. The number of benzene rings is 2. The predicted molar refractivity (Wildman–Crippen MR) is 124 cm³/mol. The lowest BCUT2D eigenvalue weighted by Gasteiger charge is -2.22. The molecule has 8 heteroatoms. The van der Waals surface area contributed by atoms with Crippen molar-refractivity contribution in [1.29, 1.82) is 5.26 Å². The van der Waals surface area contributed by atoms with Gasteiger partial charge in [-0.05, 0) is 61.2 Å². The van der Waals surface area contributed by atoms with Gasteiger partial charge >= 0.3 is 0 Å². The molecule has 8 nitrogen and oxygen atoms in total. The van der Waals surface area contributed by atoms with Crippen molar-refractivity contribution < 1.29 is 19.2 Å². The Kier molecular flexibility index (Phi) is 8.42. The normalized spacial score (nSPS) is 14.2.